The van der Waals surface area contributed by atoms with Crippen LogP contribution >= 0.6 is 0 Å². The van der Waals surface area contributed by atoms with Crippen LogP contribution in [0, 0.1) is 0 Å². The van der Waals surface area contributed by atoms with E-state index >= 15 is 0 Å². The molecule has 0 spiro atoms. The third-order valence-corrected chi connectivity index (χ3v) is 3.57. The fourth-order valence-electron chi connectivity index (χ4n) is 2.07. The van der Waals surface area contributed by atoms with Crippen molar-refractivity contribution in [1.29, 1.82) is 0 Å². The third-order valence-electron chi connectivity index (χ3n) is 3.57. The first kappa shape index (κ1) is 15.0. The molecule has 1 rings (SSSR count). The van der Waals surface area contributed by atoms with Gasteiger partial charge in [-0.1, -0.05) is 19.1 Å². The minimum absolute atomic E-state index is 0.0707. The quantitative estimate of drug-likeness (QED) is 0.807. The molecule has 0 saturated heterocycles. The van der Waals surface area contributed by atoms with Crippen molar-refractivity contribution in [3.8, 4) is 5.75 Å². The Hall–Kier alpha value is -1.06. The van der Waals surface area contributed by atoms with Gasteiger partial charge in [-0.25, -0.2) is 0 Å². The van der Waals surface area contributed by atoms with Crippen LogP contribution < -0.4 is 10.5 Å². The molecule has 0 saturated carbocycles. The molecular weight excluding hydrogens is 224 g/mol. The number of likely N-dealkylation sites (N-methyl/N-ethyl adjacent to an activating group) is 1. The zero-order chi connectivity index (χ0) is 13.6. The van der Waals surface area contributed by atoms with Crippen molar-refractivity contribution in [3.63, 3.8) is 0 Å². The Bertz CT molecular complexity index is 346. The van der Waals surface area contributed by atoms with E-state index in [1.807, 2.05) is 12.1 Å². The lowest BCUT2D eigenvalue weighted by Crippen LogP contribution is -2.49. The number of nitrogens with two attached hydrogens (primary N) is 1. The highest BCUT2D eigenvalue weighted by molar-refractivity contribution is 5.27. The molecule has 0 bridgehead atoms. The Balaban J connectivity index is 2.57. The average molecular weight is 250 g/mol. The van der Waals surface area contributed by atoms with E-state index in [-0.39, 0.29) is 5.54 Å². The van der Waals surface area contributed by atoms with Crippen molar-refractivity contribution >= 4 is 0 Å². The molecule has 0 atom stereocenters. The van der Waals surface area contributed by atoms with Crippen LogP contribution in [0.15, 0.2) is 24.3 Å². The Morgan fingerprint density at radius 2 is 1.83 bits per heavy atom. The number of rotatable bonds is 7. The lowest BCUT2D eigenvalue weighted by Gasteiger charge is -2.37. The monoisotopic (exact) mass is 250 g/mol. The standard InChI is InChI=1S/C15H26N2O/c1-5-17(15(2,3)12-16)11-10-13-6-8-14(18-4)9-7-13/h6-9H,5,10-12,16H2,1-4H3. The molecule has 0 aliphatic heterocycles. The Labute approximate surface area is 111 Å². The molecule has 18 heavy (non-hydrogen) atoms. The molecule has 0 unspecified atom stereocenters. The summed E-state index contributed by atoms with van der Waals surface area (Å²) in [4.78, 5) is 2.43. The summed E-state index contributed by atoms with van der Waals surface area (Å²) in [6.07, 6.45) is 1.04. The maximum Gasteiger partial charge on any atom is 0.118 e. The Morgan fingerprint density at radius 3 is 2.28 bits per heavy atom. The molecule has 0 amide bonds. The fourth-order valence-corrected chi connectivity index (χ4v) is 2.07. The first-order valence-corrected chi connectivity index (χ1v) is 6.61. The molecular formula is C15H26N2O. The average Bonchev–Trinajstić information content (AvgIpc) is 2.40. The van der Waals surface area contributed by atoms with Crippen molar-refractivity contribution in [2.75, 3.05) is 26.7 Å². The van der Waals surface area contributed by atoms with Crippen LogP contribution in [0.5, 0.6) is 5.75 Å². The van der Waals surface area contributed by atoms with Gasteiger partial charge in [-0.2, -0.15) is 0 Å². The second-order valence-corrected chi connectivity index (χ2v) is 5.19. The number of ether oxygens (including phenoxy) is 1. The summed E-state index contributed by atoms with van der Waals surface area (Å²) in [5, 5.41) is 0. The number of methoxy groups -OCH3 is 1. The van der Waals surface area contributed by atoms with Crippen LogP contribution in [0.3, 0.4) is 0 Å². The fraction of sp³-hybridized carbons (Fsp3) is 0.600. The Kier molecular flexibility index (Phi) is 5.63. The van der Waals surface area contributed by atoms with Gasteiger partial charge in [0.25, 0.3) is 0 Å². The zero-order valence-corrected chi connectivity index (χ0v) is 12.1. The highest BCUT2D eigenvalue weighted by atomic mass is 16.5. The highest BCUT2D eigenvalue weighted by Crippen LogP contribution is 2.15. The number of nitrogens with zero attached hydrogens (tertiary/aromatic N) is 1. The van der Waals surface area contributed by atoms with Crippen LogP contribution in [-0.4, -0.2) is 37.2 Å². The Morgan fingerprint density at radius 1 is 1.22 bits per heavy atom. The third kappa shape index (κ3) is 4.00. The first-order chi connectivity index (χ1) is 8.53. The molecule has 0 aliphatic rings. The van der Waals surface area contributed by atoms with Crippen LogP contribution in [0.4, 0.5) is 0 Å². The van der Waals surface area contributed by atoms with E-state index in [0.29, 0.717) is 6.54 Å². The molecule has 0 aliphatic carbocycles. The number of benzene rings is 1. The summed E-state index contributed by atoms with van der Waals surface area (Å²) < 4.78 is 5.16. The van der Waals surface area contributed by atoms with Gasteiger partial charge in [0.2, 0.25) is 0 Å². The molecule has 0 fully saturated rings. The van der Waals surface area contributed by atoms with Gasteiger partial charge in [0.15, 0.2) is 0 Å². The summed E-state index contributed by atoms with van der Waals surface area (Å²) in [6, 6.07) is 8.28. The summed E-state index contributed by atoms with van der Waals surface area (Å²) in [5.74, 6) is 0.911. The molecule has 2 N–H and O–H groups in total. The van der Waals surface area contributed by atoms with Crippen molar-refractivity contribution in [2.24, 2.45) is 5.73 Å². The topological polar surface area (TPSA) is 38.5 Å². The molecule has 102 valence electrons. The molecule has 0 radical (unpaired) electrons. The smallest absolute Gasteiger partial charge is 0.118 e. The zero-order valence-electron chi connectivity index (χ0n) is 12.1. The van der Waals surface area contributed by atoms with Crippen molar-refractivity contribution in [1.82, 2.24) is 4.90 Å². The van der Waals surface area contributed by atoms with E-state index in [1.54, 1.807) is 7.11 Å². The van der Waals surface area contributed by atoms with Crippen molar-refractivity contribution in [3.05, 3.63) is 29.8 Å². The molecule has 1 aromatic carbocycles. The van der Waals surface area contributed by atoms with E-state index in [1.165, 1.54) is 5.56 Å². The number of hydrogen-bond donors (Lipinski definition) is 1. The maximum atomic E-state index is 5.83. The van der Waals surface area contributed by atoms with E-state index in [9.17, 15) is 0 Å². The van der Waals surface area contributed by atoms with E-state index < -0.39 is 0 Å². The molecule has 0 heterocycles. The minimum Gasteiger partial charge on any atom is -0.497 e. The maximum absolute atomic E-state index is 5.83. The van der Waals surface area contributed by atoms with Crippen molar-refractivity contribution < 1.29 is 4.74 Å². The second kappa shape index (κ2) is 6.76. The van der Waals surface area contributed by atoms with E-state index in [4.69, 9.17) is 10.5 Å². The van der Waals surface area contributed by atoms with Crippen molar-refractivity contribution in [2.45, 2.75) is 32.7 Å². The summed E-state index contributed by atoms with van der Waals surface area (Å²) in [7, 11) is 1.69. The molecule has 1 aromatic rings. The highest BCUT2D eigenvalue weighted by Gasteiger charge is 2.23. The van der Waals surface area contributed by atoms with Crippen LogP contribution in [0.1, 0.15) is 26.3 Å². The molecule has 0 aromatic heterocycles. The van der Waals surface area contributed by atoms with E-state index in [0.717, 1.165) is 25.3 Å². The number of hydrogen-bond acceptors (Lipinski definition) is 3. The molecule has 3 heteroatoms. The second-order valence-electron chi connectivity index (χ2n) is 5.19. The van der Waals surface area contributed by atoms with Gasteiger partial charge >= 0.3 is 0 Å². The van der Waals surface area contributed by atoms with Gasteiger partial charge in [-0.05, 0) is 44.5 Å². The predicted molar refractivity (Wildman–Crippen MR) is 77.1 cm³/mol. The molecule has 3 nitrogen and oxygen atoms in total. The summed E-state index contributed by atoms with van der Waals surface area (Å²) >= 11 is 0. The predicted octanol–water partition coefficient (Wildman–Crippen LogP) is 2.30. The van der Waals surface area contributed by atoms with Crippen LogP contribution in [0.2, 0.25) is 0 Å². The lowest BCUT2D eigenvalue weighted by atomic mass is 10.0. The van der Waals surface area contributed by atoms with Crippen LogP contribution in [-0.2, 0) is 6.42 Å². The summed E-state index contributed by atoms with van der Waals surface area (Å²) in [5.41, 5.74) is 7.24. The van der Waals surface area contributed by atoms with Crippen LogP contribution in [0.25, 0.3) is 0 Å². The summed E-state index contributed by atoms with van der Waals surface area (Å²) in [6.45, 7) is 9.33. The van der Waals surface area contributed by atoms with Gasteiger partial charge in [0, 0.05) is 18.6 Å². The first-order valence-electron chi connectivity index (χ1n) is 6.61. The minimum atomic E-state index is 0.0707. The van der Waals surface area contributed by atoms with Gasteiger partial charge in [-0.3, -0.25) is 4.90 Å². The van der Waals surface area contributed by atoms with Gasteiger partial charge in [0.1, 0.15) is 5.75 Å². The SMILES string of the molecule is CCN(CCc1ccc(OC)cc1)C(C)(C)CN. The largest absolute Gasteiger partial charge is 0.497 e. The van der Waals surface area contributed by atoms with E-state index in [2.05, 4.69) is 37.8 Å². The normalized spacial score (nSPS) is 11.9. The van der Waals surface area contributed by atoms with Gasteiger partial charge < -0.3 is 10.5 Å². The lowest BCUT2D eigenvalue weighted by molar-refractivity contribution is 0.136. The van der Waals surface area contributed by atoms with Gasteiger partial charge in [0.05, 0.1) is 7.11 Å². The van der Waals surface area contributed by atoms with Gasteiger partial charge in [-0.15, -0.1) is 0 Å².